The van der Waals surface area contributed by atoms with Gasteiger partial charge in [0.15, 0.2) is 0 Å². The number of hydrogen-bond acceptors (Lipinski definition) is 2. The van der Waals surface area contributed by atoms with E-state index in [0.717, 1.165) is 48.5 Å². The number of carbonyl (C=O) groups is 1. The van der Waals surface area contributed by atoms with Crippen molar-refractivity contribution in [3.05, 3.63) is 29.8 Å². The first-order valence-electron chi connectivity index (χ1n) is 6.69. The molecule has 1 saturated heterocycles. The van der Waals surface area contributed by atoms with Gasteiger partial charge >= 0.3 is 0 Å². The van der Waals surface area contributed by atoms with Crippen LogP contribution in [0.3, 0.4) is 0 Å². The normalized spacial score (nSPS) is 16.4. The quantitative estimate of drug-likeness (QED) is 0.797. The van der Waals surface area contributed by atoms with Gasteiger partial charge in [0.25, 0.3) is 0 Å². The number of carbonyl (C=O) groups excluding carboxylic acids is 1. The molecule has 0 radical (unpaired) electrons. The summed E-state index contributed by atoms with van der Waals surface area (Å²) in [6.45, 7) is 1.79. The molecule has 1 aliphatic heterocycles. The maximum atomic E-state index is 12.2. The lowest BCUT2D eigenvalue weighted by atomic mass is 9.98. The highest BCUT2D eigenvalue weighted by Gasteiger charge is 2.21. The topological polar surface area (TPSA) is 29.5 Å². The highest BCUT2D eigenvalue weighted by molar-refractivity contribution is 9.09. The van der Waals surface area contributed by atoms with Gasteiger partial charge in [-0.2, -0.15) is 0 Å². The van der Waals surface area contributed by atoms with Crippen molar-refractivity contribution in [2.75, 3.05) is 25.5 Å². The molecule has 1 amide bonds. The summed E-state index contributed by atoms with van der Waals surface area (Å²) in [5.74, 6) is 1.79. The molecule has 1 aliphatic rings. The molecule has 19 heavy (non-hydrogen) atoms. The van der Waals surface area contributed by atoms with Gasteiger partial charge in [-0.25, -0.2) is 0 Å². The molecule has 3 nitrogen and oxygen atoms in total. The molecule has 0 atom stereocenters. The summed E-state index contributed by atoms with van der Waals surface area (Å²) in [6, 6.07) is 7.73. The second-order valence-electron chi connectivity index (χ2n) is 5.00. The summed E-state index contributed by atoms with van der Waals surface area (Å²) in [5, 5.41) is 1.05. The van der Waals surface area contributed by atoms with Gasteiger partial charge in [-0.3, -0.25) is 4.79 Å². The van der Waals surface area contributed by atoms with E-state index in [1.54, 1.807) is 7.11 Å². The fourth-order valence-corrected chi connectivity index (χ4v) is 3.01. The van der Waals surface area contributed by atoms with E-state index in [1.165, 1.54) is 0 Å². The average Bonchev–Trinajstić information content (AvgIpc) is 2.48. The van der Waals surface area contributed by atoms with Gasteiger partial charge in [0, 0.05) is 18.4 Å². The molecule has 1 aromatic rings. The first-order chi connectivity index (χ1) is 9.22. The van der Waals surface area contributed by atoms with Crippen molar-refractivity contribution in [1.29, 1.82) is 0 Å². The molecule has 4 heteroatoms. The Kier molecular flexibility index (Phi) is 5.25. The number of rotatable bonds is 4. The molecule has 0 aromatic heterocycles. The minimum Gasteiger partial charge on any atom is -0.497 e. The van der Waals surface area contributed by atoms with Crippen LogP contribution < -0.4 is 4.74 Å². The van der Waals surface area contributed by atoms with Gasteiger partial charge in [-0.15, -0.1) is 0 Å². The first-order valence-corrected chi connectivity index (χ1v) is 7.81. The summed E-state index contributed by atoms with van der Waals surface area (Å²) in [7, 11) is 1.65. The molecule has 0 unspecified atom stereocenters. The summed E-state index contributed by atoms with van der Waals surface area (Å²) in [6.07, 6.45) is 2.71. The number of benzene rings is 1. The lowest BCUT2D eigenvalue weighted by molar-refractivity contribution is -0.131. The third-order valence-electron chi connectivity index (χ3n) is 3.70. The highest BCUT2D eigenvalue weighted by Crippen LogP contribution is 2.20. The summed E-state index contributed by atoms with van der Waals surface area (Å²) >= 11 is 3.52. The summed E-state index contributed by atoms with van der Waals surface area (Å²) in [5.41, 5.74) is 1.05. The van der Waals surface area contributed by atoms with Crippen LogP contribution in [0.2, 0.25) is 0 Å². The predicted octanol–water partition coefficient (Wildman–Crippen LogP) is 2.87. The van der Waals surface area contributed by atoms with E-state index in [9.17, 15) is 4.79 Å². The second-order valence-corrected chi connectivity index (χ2v) is 5.65. The predicted molar refractivity (Wildman–Crippen MR) is 79.8 cm³/mol. The standard InChI is InChI=1S/C15H20BrNO2/c1-19-14-4-2-12(3-5-14)10-15(18)17-8-6-13(11-16)7-9-17/h2-5,13H,6-11H2,1H3. The van der Waals surface area contributed by atoms with Crippen molar-refractivity contribution in [2.45, 2.75) is 19.3 Å². The van der Waals surface area contributed by atoms with Crippen LogP contribution >= 0.6 is 15.9 Å². The van der Waals surface area contributed by atoms with Crippen molar-refractivity contribution in [3.8, 4) is 5.75 Å². The minimum absolute atomic E-state index is 0.234. The Hall–Kier alpha value is -1.03. The molecule has 1 fully saturated rings. The van der Waals surface area contributed by atoms with Crippen LogP contribution in [0.1, 0.15) is 18.4 Å². The number of hydrogen-bond donors (Lipinski definition) is 0. The lowest BCUT2D eigenvalue weighted by Gasteiger charge is -2.31. The maximum Gasteiger partial charge on any atom is 0.226 e. The number of piperidine rings is 1. The van der Waals surface area contributed by atoms with Crippen LogP contribution in [0.4, 0.5) is 0 Å². The van der Waals surface area contributed by atoms with E-state index in [4.69, 9.17) is 4.74 Å². The van der Waals surface area contributed by atoms with Gasteiger partial charge in [-0.05, 0) is 36.5 Å². The Morgan fingerprint density at radius 3 is 2.47 bits per heavy atom. The highest BCUT2D eigenvalue weighted by atomic mass is 79.9. The SMILES string of the molecule is COc1ccc(CC(=O)N2CCC(CBr)CC2)cc1. The van der Waals surface area contributed by atoms with Crippen LogP contribution in [-0.2, 0) is 11.2 Å². The Labute approximate surface area is 123 Å². The molecule has 2 rings (SSSR count). The van der Waals surface area contributed by atoms with Crippen LogP contribution in [0.25, 0.3) is 0 Å². The Morgan fingerprint density at radius 2 is 1.95 bits per heavy atom. The fraction of sp³-hybridized carbons (Fsp3) is 0.533. The Morgan fingerprint density at radius 1 is 1.32 bits per heavy atom. The van der Waals surface area contributed by atoms with Crippen LogP contribution in [0, 0.1) is 5.92 Å². The molecule has 0 aliphatic carbocycles. The second kappa shape index (κ2) is 6.94. The lowest BCUT2D eigenvalue weighted by Crippen LogP contribution is -2.39. The summed E-state index contributed by atoms with van der Waals surface area (Å²) in [4.78, 5) is 14.2. The van der Waals surface area contributed by atoms with Crippen LogP contribution in [0.5, 0.6) is 5.75 Å². The van der Waals surface area contributed by atoms with Gasteiger partial charge in [0.05, 0.1) is 13.5 Å². The molecular formula is C15H20BrNO2. The summed E-state index contributed by atoms with van der Waals surface area (Å²) < 4.78 is 5.11. The van der Waals surface area contributed by atoms with Gasteiger partial charge in [0.2, 0.25) is 5.91 Å². The van der Waals surface area contributed by atoms with Crippen molar-refractivity contribution in [1.82, 2.24) is 4.90 Å². The Bertz CT molecular complexity index is 411. The molecule has 0 N–H and O–H groups in total. The smallest absolute Gasteiger partial charge is 0.226 e. The van der Waals surface area contributed by atoms with E-state index in [1.807, 2.05) is 29.2 Å². The third-order valence-corrected chi connectivity index (χ3v) is 4.62. The molecule has 104 valence electrons. The number of alkyl halides is 1. The number of likely N-dealkylation sites (tertiary alicyclic amines) is 1. The number of halogens is 1. The molecule has 0 spiro atoms. The molecular weight excluding hydrogens is 306 g/mol. The van der Waals surface area contributed by atoms with E-state index >= 15 is 0 Å². The zero-order chi connectivity index (χ0) is 13.7. The zero-order valence-electron chi connectivity index (χ0n) is 11.3. The first kappa shape index (κ1) is 14.4. The minimum atomic E-state index is 0.234. The third kappa shape index (κ3) is 3.96. The Balaban J connectivity index is 1.86. The molecule has 0 bridgehead atoms. The fourth-order valence-electron chi connectivity index (χ4n) is 2.37. The molecule has 0 saturated carbocycles. The average molecular weight is 326 g/mol. The van der Waals surface area contributed by atoms with Gasteiger partial charge in [0.1, 0.15) is 5.75 Å². The number of methoxy groups -OCH3 is 1. The van der Waals surface area contributed by atoms with Crippen LogP contribution in [-0.4, -0.2) is 36.3 Å². The molecule has 1 heterocycles. The van der Waals surface area contributed by atoms with Crippen molar-refractivity contribution < 1.29 is 9.53 Å². The monoisotopic (exact) mass is 325 g/mol. The molecule has 1 aromatic carbocycles. The van der Waals surface area contributed by atoms with E-state index in [2.05, 4.69) is 15.9 Å². The van der Waals surface area contributed by atoms with E-state index < -0.39 is 0 Å². The van der Waals surface area contributed by atoms with Crippen molar-refractivity contribution >= 4 is 21.8 Å². The van der Waals surface area contributed by atoms with E-state index in [0.29, 0.717) is 6.42 Å². The number of amides is 1. The van der Waals surface area contributed by atoms with E-state index in [-0.39, 0.29) is 5.91 Å². The van der Waals surface area contributed by atoms with Crippen LogP contribution in [0.15, 0.2) is 24.3 Å². The largest absolute Gasteiger partial charge is 0.497 e. The maximum absolute atomic E-state index is 12.2. The van der Waals surface area contributed by atoms with Gasteiger partial charge in [-0.1, -0.05) is 28.1 Å². The zero-order valence-corrected chi connectivity index (χ0v) is 12.9. The number of nitrogens with zero attached hydrogens (tertiary/aromatic N) is 1. The number of ether oxygens (including phenoxy) is 1. The van der Waals surface area contributed by atoms with Crippen molar-refractivity contribution in [2.24, 2.45) is 5.92 Å². The van der Waals surface area contributed by atoms with Gasteiger partial charge < -0.3 is 9.64 Å². The van der Waals surface area contributed by atoms with Crippen molar-refractivity contribution in [3.63, 3.8) is 0 Å².